The van der Waals surface area contributed by atoms with E-state index < -0.39 is 0 Å². The van der Waals surface area contributed by atoms with E-state index in [-0.39, 0.29) is 11.1 Å². The molecule has 0 radical (unpaired) electrons. The molecule has 20 heavy (non-hydrogen) atoms. The van der Waals surface area contributed by atoms with Crippen LogP contribution in [0.3, 0.4) is 0 Å². The van der Waals surface area contributed by atoms with Crippen molar-refractivity contribution in [3.05, 3.63) is 47.2 Å². The standard InChI is InChI=1S/C14H13ClN2O3/c1-19-11-6-10(7-12(8-11)20-2)17-14(18)9-3-4-16-13(15)5-9/h3-8H,1-2H3,(H,17,18). The first-order valence-electron chi connectivity index (χ1n) is 5.78. The highest BCUT2D eigenvalue weighted by Gasteiger charge is 2.09. The molecule has 0 unspecified atom stereocenters. The van der Waals surface area contributed by atoms with Crippen LogP contribution in [0.5, 0.6) is 11.5 Å². The second-order valence-electron chi connectivity index (χ2n) is 3.92. The number of carbonyl (C=O) groups excluding carboxylic acids is 1. The van der Waals surface area contributed by atoms with Gasteiger partial charge >= 0.3 is 0 Å². The van der Waals surface area contributed by atoms with Crippen molar-refractivity contribution < 1.29 is 14.3 Å². The van der Waals surface area contributed by atoms with E-state index in [4.69, 9.17) is 21.1 Å². The van der Waals surface area contributed by atoms with Gasteiger partial charge < -0.3 is 14.8 Å². The van der Waals surface area contributed by atoms with E-state index in [1.807, 2.05) is 0 Å². The molecule has 0 aliphatic heterocycles. The summed E-state index contributed by atoms with van der Waals surface area (Å²) in [5.41, 5.74) is 0.992. The zero-order valence-electron chi connectivity index (χ0n) is 11.0. The van der Waals surface area contributed by atoms with Crippen LogP contribution in [0.25, 0.3) is 0 Å². The van der Waals surface area contributed by atoms with Gasteiger partial charge in [-0.1, -0.05) is 11.6 Å². The molecule has 1 aromatic heterocycles. The Kier molecular flexibility index (Phi) is 4.42. The molecule has 6 heteroatoms. The van der Waals surface area contributed by atoms with Gasteiger partial charge in [-0.3, -0.25) is 4.79 Å². The van der Waals surface area contributed by atoms with Gasteiger partial charge in [-0.05, 0) is 12.1 Å². The number of hydrogen-bond donors (Lipinski definition) is 1. The molecular weight excluding hydrogens is 280 g/mol. The molecular formula is C14H13ClN2O3. The number of ether oxygens (including phenoxy) is 2. The lowest BCUT2D eigenvalue weighted by atomic mass is 10.2. The minimum atomic E-state index is -0.287. The summed E-state index contributed by atoms with van der Waals surface area (Å²) in [5, 5.41) is 3.01. The van der Waals surface area contributed by atoms with Gasteiger partial charge in [-0.25, -0.2) is 4.98 Å². The van der Waals surface area contributed by atoms with Gasteiger partial charge in [0.15, 0.2) is 0 Å². The van der Waals surface area contributed by atoms with Crippen LogP contribution in [0, 0.1) is 0 Å². The molecule has 1 N–H and O–H groups in total. The average Bonchev–Trinajstić information content (AvgIpc) is 2.46. The summed E-state index contributed by atoms with van der Waals surface area (Å²) >= 11 is 5.76. The second-order valence-corrected chi connectivity index (χ2v) is 4.31. The van der Waals surface area contributed by atoms with Crippen molar-refractivity contribution in [2.24, 2.45) is 0 Å². The third-order valence-electron chi connectivity index (χ3n) is 2.60. The molecule has 104 valence electrons. The van der Waals surface area contributed by atoms with Crippen molar-refractivity contribution >= 4 is 23.2 Å². The van der Waals surface area contributed by atoms with E-state index in [1.165, 1.54) is 12.3 Å². The lowest BCUT2D eigenvalue weighted by Crippen LogP contribution is -2.12. The summed E-state index contributed by atoms with van der Waals surface area (Å²) in [7, 11) is 3.09. The molecule has 0 fully saturated rings. The lowest BCUT2D eigenvalue weighted by molar-refractivity contribution is 0.102. The molecule has 1 heterocycles. The van der Waals surface area contributed by atoms with Crippen LogP contribution >= 0.6 is 11.6 Å². The molecule has 0 spiro atoms. The Morgan fingerprint density at radius 3 is 2.35 bits per heavy atom. The molecule has 0 saturated heterocycles. The zero-order valence-corrected chi connectivity index (χ0v) is 11.8. The fourth-order valence-corrected chi connectivity index (χ4v) is 1.80. The van der Waals surface area contributed by atoms with E-state index in [0.717, 1.165) is 0 Å². The van der Waals surface area contributed by atoms with E-state index in [9.17, 15) is 4.79 Å². The fourth-order valence-electron chi connectivity index (χ4n) is 1.63. The highest BCUT2D eigenvalue weighted by molar-refractivity contribution is 6.29. The Hall–Kier alpha value is -2.27. The predicted octanol–water partition coefficient (Wildman–Crippen LogP) is 3.00. The average molecular weight is 293 g/mol. The Balaban J connectivity index is 2.23. The highest BCUT2D eigenvalue weighted by atomic mass is 35.5. The van der Waals surface area contributed by atoms with Crippen LogP contribution in [-0.2, 0) is 0 Å². The van der Waals surface area contributed by atoms with Gasteiger partial charge in [0.05, 0.1) is 14.2 Å². The highest BCUT2D eigenvalue weighted by Crippen LogP contribution is 2.26. The second kappa shape index (κ2) is 6.25. The normalized spacial score (nSPS) is 9.95. The van der Waals surface area contributed by atoms with Crippen LogP contribution in [0.1, 0.15) is 10.4 Å². The number of nitrogens with one attached hydrogen (secondary N) is 1. The largest absolute Gasteiger partial charge is 0.497 e. The van der Waals surface area contributed by atoms with E-state index in [1.54, 1.807) is 38.5 Å². The number of pyridine rings is 1. The number of nitrogens with zero attached hydrogens (tertiary/aromatic N) is 1. The molecule has 5 nitrogen and oxygen atoms in total. The van der Waals surface area contributed by atoms with E-state index >= 15 is 0 Å². The SMILES string of the molecule is COc1cc(NC(=O)c2ccnc(Cl)c2)cc(OC)c1. The summed E-state index contributed by atoms with van der Waals surface area (Å²) in [6.07, 6.45) is 1.48. The van der Waals surface area contributed by atoms with Gasteiger partial charge in [0.2, 0.25) is 0 Å². The summed E-state index contributed by atoms with van der Waals surface area (Å²) in [5.74, 6) is 0.893. The number of anilines is 1. The number of amides is 1. The van der Waals surface area contributed by atoms with Crippen molar-refractivity contribution in [3.8, 4) is 11.5 Å². The van der Waals surface area contributed by atoms with E-state index in [2.05, 4.69) is 10.3 Å². The smallest absolute Gasteiger partial charge is 0.255 e. The number of aromatic nitrogens is 1. The third-order valence-corrected chi connectivity index (χ3v) is 2.80. The fraction of sp³-hybridized carbons (Fsp3) is 0.143. The third kappa shape index (κ3) is 3.39. The minimum absolute atomic E-state index is 0.265. The Bertz CT molecular complexity index is 609. The van der Waals surface area contributed by atoms with Gasteiger partial charge in [0.25, 0.3) is 5.91 Å². The Morgan fingerprint density at radius 2 is 1.80 bits per heavy atom. The molecule has 2 rings (SSSR count). The number of halogens is 1. The van der Waals surface area contributed by atoms with E-state index in [0.29, 0.717) is 22.7 Å². The van der Waals surface area contributed by atoms with Crippen molar-refractivity contribution in [2.75, 3.05) is 19.5 Å². The van der Waals surface area contributed by atoms with Crippen LogP contribution in [0.4, 0.5) is 5.69 Å². The van der Waals surface area contributed by atoms with Crippen LogP contribution in [-0.4, -0.2) is 25.1 Å². The maximum atomic E-state index is 12.1. The number of rotatable bonds is 4. The van der Waals surface area contributed by atoms with Gasteiger partial charge in [-0.15, -0.1) is 0 Å². The number of benzene rings is 1. The Morgan fingerprint density at radius 1 is 1.15 bits per heavy atom. The minimum Gasteiger partial charge on any atom is -0.497 e. The molecule has 0 atom stereocenters. The van der Waals surface area contributed by atoms with Crippen LogP contribution < -0.4 is 14.8 Å². The maximum Gasteiger partial charge on any atom is 0.255 e. The first-order chi connectivity index (χ1) is 9.62. The quantitative estimate of drug-likeness (QED) is 0.880. The van der Waals surface area contributed by atoms with Gasteiger partial charge in [0, 0.05) is 35.6 Å². The molecule has 0 aliphatic carbocycles. The zero-order chi connectivity index (χ0) is 14.5. The van der Waals surface area contributed by atoms with Crippen LogP contribution in [0.15, 0.2) is 36.5 Å². The number of carbonyl (C=O) groups is 1. The Labute approximate surface area is 121 Å². The topological polar surface area (TPSA) is 60.5 Å². The number of hydrogen-bond acceptors (Lipinski definition) is 4. The summed E-state index contributed by atoms with van der Waals surface area (Å²) in [4.78, 5) is 15.9. The summed E-state index contributed by atoms with van der Waals surface area (Å²) in [6.45, 7) is 0. The van der Waals surface area contributed by atoms with Gasteiger partial charge in [0.1, 0.15) is 16.7 Å². The van der Waals surface area contributed by atoms with Crippen molar-refractivity contribution in [1.82, 2.24) is 4.98 Å². The molecule has 0 saturated carbocycles. The van der Waals surface area contributed by atoms with Crippen LogP contribution in [0.2, 0.25) is 5.15 Å². The number of methoxy groups -OCH3 is 2. The first kappa shape index (κ1) is 14.1. The van der Waals surface area contributed by atoms with Crippen molar-refractivity contribution in [2.45, 2.75) is 0 Å². The predicted molar refractivity (Wildman–Crippen MR) is 76.7 cm³/mol. The molecule has 0 bridgehead atoms. The summed E-state index contributed by atoms with van der Waals surface area (Å²) in [6, 6.07) is 8.19. The monoisotopic (exact) mass is 292 g/mol. The molecule has 0 aliphatic rings. The molecule has 2 aromatic rings. The van der Waals surface area contributed by atoms with Crippen molar-refractivity contribution in [3.63, 3.8) is 0 Å². The van der Waals surface area contributed by atoms with Gasteiger partial charge in [-0.2, -0.15) is 0 Å². The lowest BCUT2D eigenvalue weighted by Gasteiger charge is -2.10. The first-order valence-corrected chi connectivity index (χ1v) is 6.16. The molecule has 1 amide bonds. The maximum absolute atomic E-state index is 12.1. The summed E-state index contributed by atoms with van der Waals surface area (Å²) < 4.78 is 10.3. The molecule has 1 aromatic carbocycles. The van der Waals surface area contributed by atoms with Crippen molar-refractivity contribution in [1.29, 1.82) is 0 Å².